The van der Waals surface area contributed by atoms with Gasteiger partial charge in [0.2, 0.25) is 0 Å². The number of nitrogens with two attached hydrogens (primary N) is 1. The molecule has 1 aliphatic carbocycles. The molecule has 16 heavy (non-hydrogen) atoms. The first kappa shape index (κ1) is 11.5. The highest BCUT2D eigenvalue weighted by atomic mass is 16.5. The Morgan fingerprint density at radius 3 is 2.62 bits per heavy atom. The quantitative estimate of drug-likeness (QED) is 0.796. The molecule has 1 aliphatic rings. The van der Waals surface area contributed by atoms with Crippen LogP contribution in [-0.4, -0.2) is 21.7 Å². The lowest BCUT2D eigenvalue weighted by atomic mass is 9.93. The van der Waals surface area contributed by atoms with Crippen molar-refractivity contribution in [1.29, 1.82) is 0 Å². The van der Waals surface area contributed by atoms with E-state index >= 15 is 0 Å². The number of rotatable bonds is 3. The van der Waals surface area contributed by atoms with Crippen LogP contribution in [-0.2, 0) is 7.05 Å². The van der Waals surface area contributed by atoms with Crippen LogP contribution in [0.25, 0.3) is 0 Å². The highest BCUT2D eigenvalue weighted by molar-refractivity contribution is 4.98. The molecule has 1 aromatic rings. The molecule has 0 atom stereocenters. The molecule has 0 aliphatic heterocycles. The monoisotopic (exact) mass is 223 g/mol. The van der Waals surface area contributed by atoms with Gasteiger partial charge >= 0.3 is 0 Å². The number of aromatic nitrogens is 2. The fourth-order valence-electron chi connectivity index (χ4n) is 2.28. The summed E-state index contributed by atoms with van der Waals surface area (Å²) in [7, 11) is 1.93. The molecular formula is C12H21N3O. The van der Waals surface area contributed by atoms with Crippen LogP contribution in [0.2, 0.25) is 0 Å². The highest BCUT2D eigenvalue weighted by Crippen LogP contribution is 2.25. The van der Waals surface area contributed by atoms with Crippen molar-refractivity contribution in [2.24, 2.45) is 12.8 Å². The number of hydrogen-bond acceptors (Lipinski definition) is 3. The van der Waals surface area contributed by atoms with Crippen molar-refractivity contribution in [1.82, 2.24) is 9.55 Å². The predicted molar refractivity (Wildman–Crippen MR) is 63.3 cm³/mol. The average molecular weight is 223 g/mol. The van der Waals surface area contributed by atoms with E-state index in [1.54, 1.807) is 6.20 Å². The molecule has 90 valence electrons. The second kappa shape index (κ2) is 4.87. The minimum Gasteiger partial charge on any atom is -0.463 e. The molecule has 0 radical (unpaired) electrons. The molecule has 0 saturated heterocycles. The van der Waals surface area contributed by atoms with Gasteiger partial charge < -0.3 is 15.0 Å². The van der Waals surface area contributed by atoms with E-state index in [1.165, 1.54) is 25.7 Å². The zero-order chi connectivity index (χ0) is 11.4. The normalized spacial score (nSPS) is 20.4. The number of imidazole rings is 1. The van der Waals surface area contributed by atoms with Crippen LogP contribution in [0.1, 0.15) is 38.5 Å². The van der Waals surface area contributed by atoms with Gasteiger partial charge in [-0.3, -0.25) is 0 Å². The summed E-state index contributed by atoms with van der Waals surface area (Å²) in [6, 6.07) is 0.661. The molecule has 0 amide bonds. The molecule has 2 N–H and O–H groups in total. The van der Waals surface area contributed by atoms with E-state index in [-0.39, 0.29) is 5.54 Å². The molecule has 0 spiro atoms. The Kier molecular flexibility index (Phi) is 3.49. The van der Waals surface area contributed by atoms with Gasteiger partial charge in [0.1, 0.15) is 6.61 Å². The summed E-state index contributed by atoms with van der Waals surface area (Å²) in [5.41, 5.74) is 6.21. The van der Waals surface area contributed by atoms with Crippen molar-refractivity contribution in [3.8, 4) is 6.01 Å². The molecule has 0 aromatic carbocycles. The van der Waals surface area contributed by atoms with Crippen LogP contribution in [0.5, 0.6) is 6.01 Å². The van der Waals surface area contributed by atoms with Gasteiger partial charge in [-0.05, 0) is 12.8 Å². The summed E-state index contributed by atoms with van der Waals surface area (Å²) in [5, 5.41) is 0. The summed E-state index contributed by atoms with van der Waals surface area (Å²) >= 11 is 0. The van der Waals surface area contributed by atoms with Crippen LogP contribution in [0.15, 0.2) is 12.4 Å². The van der Waals surface area contributed by atoms with E-state index in [0.717, 1.165) is 12.8 Å². The molecule has 1 heterocycles. The lowest BCUT2D eigenvalue weighted by molar-refractivity contribution is 0.183. The van der Waals surface area contributed by atoms with Crippen molar-refractivity contribution in [3.63, 3.8) is 0 Å². The Balaban J connectivity index is 1.90. The van der Waals surface area contributed by atoms with Gasteiger partial charge in [-0.1, -0.05) is 25.7 Å². The maximum Gasteiger partial charge on any atom is 0.296 e. The van der Waals surface area contributed by atoms with E-state index in [9.17, 15) is 0 Å². The van der Waals surface area contributed by atoms with Crippen LogP contribution in [0.4, 0.5) is 0 Å². The smallest absolute Gasteiger partial charge is 0.296 e. The molecule has 1 saturated carbocycles. The Bertz CT molecular complexity index is 327. The van der Waals surface area contributed by atoms with Gasteiger partial charge in [0, 0.05) is 19.4 Å². The van der Waals surface area contributed by atoms with Crippen molar-refractivity contribution in [2.75, 3.05) is 6.61 Å². The zero-order valence-electron chi connectivity index (χ0n) is 9.98. The number of ether oxygens (including phenoxy) is 1. The summed E-state index contributed by atoms with van der Waals surface area (Å²) in [6.07, 6.45) is 10.8. The first-order valence-corrected chi connectivity index (χ1v) is 6.09. The third-order valence-electron chi connectivity index (χ3n) is 3.37. The topological polar surface area (TPSA) is 53.1 Å². The van der Waals surface area contributed by atoms with Gasteiger partial charge in [0.05, 0.1) is 5.54 Å². The summed E-state index contributed by atoms with van der Waals surface area (Å²) < 4.78 is 7.58. The second-order valence-electron chi connectivity index (χ2n) is 4.89. The molecule has 2 rings (SSSR count). The van der Waals surface area contributed by atoms with E-state index in [0.29, 0.717) is 12.6 Å². The zero-order valence-corrected chi connectivity index (χ0v) is 9.98. The molecule has 4 heteroatoms. The predicted octanol–water partition coefficient (Wildman–Crippen LogP) is 1.85. The van der Waals surface area contributed by atoms with E-state index in [1.807, 2.05) is 17.8 Å². The first-order valence-electron chi connectivity index (χ1n) is 6.09. The fraction of sp³-hybridized carbons (Fsp3) is 0.750. The minimum absolute atomic E-state index is 0.150. The Morgan fingerprint density at radius 1 is 1.38 bits per heavy atom. The number of hydrogen-bond donors (Lipinski definition) is 1. The standard InChI is InChI=1S/C12H21N3O/c1-15-9-8-14-11(15)16-10-12(13)6-4-2-3-5-7-12/h8-9H,2-7,10,13H2,1H3. The SMILES string of the molecule is Cn1ccnc1OCC1(N)CCCCCC1. The van der Waals surface area contributed by atoms with Crippen LogP contribution in [0, 0.1) is 0 Å². The van der Waals surface area contributed by atoms with E-state index in [2.05, 4.69) is 4.98 Å². The van der Waals surface area contributed by atoms with E-state index < -0.39 is 0 Å². The Hall–Kier alpha value is -1.03. The second-order valence-corrected chi connectivity index (χ2v) is 4.89. The number of aryl methyl sites for hydroxylation is 1. The Morgan fingerprint density at radius 2 is 2.06 bits per heavy atom. The van der Waals surface area contributed by atoms with Crippen molar-refractivity contribution < 1.29 is 4.74 Å². The van der Waals surface area contributed by atoms with Gasteiger partial charge in [0.15, 0.2) is 0 Å². The largest absolute Gasteiger partial charge is 0.463 e. The minimum atomic E-state index is -0.150. The lowest BCUT2D eigenvalue weighted by Gasteiger charge is -2.27. The van der Waals surface area contributed by atoms with Gasteiger partial charge in [0.25, 0.3) is 6.01 Å². The van der Waals surface area contributed by atoms with Crippen molar-refractivity contribution >= 4 is 0 Å². The summed E-state index contributed by atoms with van der Waals surface area (Å²) in [4.78, 5) is 4.14. The lowest BCUT2D eigenvalue weighted by Crippen LogP contribution is -2.45. The van der Waals surface area contributed by atoms with Crippen LogP contribution in [0.3, 0.4) is 0 Å². The third-order valence-corrected chi connectivity index (χ3v) is 3.37. The van der Waals surface area contributed by atoms with Crippen LogP contribution < -0.4 is 10.5 Å². The molecule has 1 aromatic heterocycles. The molecule has 4 nitrogen and oxygen atoms in total. The van der Waals surface area contributed by atoms with E-state index in [4.69, 9.17) is 10.5 Å². The average Bonchev–Trinajstić information content (AvgIpc) is 2.54. The van der Waals surface area contributed by atoms with Crippen LogP contribution >= 0.6 is 0 Å². The maximum absolute atomic E-state index is 6.36. The first-order chi connectivity index (χ1) is 7.70. The summed E-state index contributed by atoms with van der Waals surface area (Å²) in [5.74, 6) is 0. The molecule has 0 bridgehead atoms. The molecule has 0 unspecified atom stereocenters. The Labute approximate surface area is 96.8 Å². The number of nitrogens with zero attached hydrogens (tertiary/aromatic N) is 2. The van der Waals surface area contributed by atoms with Gasteiger partial charge in [-0.25, -0.2) is 4.98 Å². The van der Waals surface area contributed by atoms with Crippen molar-refractivity contribution in [3.05, 3.63) is 12.4 Å². The molecule has 1 fully saturated rings. The fourth-order valence-corrected chi connectivity index (χ4v) is 2.28. The molecular weight excluding hydrogens is 202 g/mol. The maximum atomic E-state index is 6.36. The third kappa shape index (κ3) is 2.76. The summed E-state index contributed by atoms with van der Waals surface area (Å²) in [6.45, 7) is 0.581. The van der Waals surface area contributed by atoms with Gasteiger partial charge in [-0.2, -0.15) is 0 Å². The highest BCUT2D eigenvalue weighted by Gasteiger charge is 2.27. The van der Waals surface area contributed by atoms with Gasteiger partial charge in [-0.15, -0.1) is 0 Å². The van der Waals surface area contributed by atoms with Crippen molar-refractivity contribution in [2.45, 2.75) is 44.1 Å².